The quantitative estimate of drug-likeness (QED) is 0.568. The Hall–Kier alpha value is -1.79. The van der Waals surface area contributed by atoms with Crippen molar-refractivity contribution in [3.63, 3.8) is 0 Å². The van der Waals surface area contributed by atoms with Crippen molar-refractivity contribution in [2.75, 3.05) is 11.1 Å². The van der Waals surface area contributed by atoms with E-state index in [4.69, 9.17) is 5.10 Å². The molecule has 0 bridgehead atoms. The predicted octanol–water partition coefficient (Wildman–Crippen LogP) is 5.50. The molecule has 0 radical (unpaired) electrons. The van der Waals surface area contributed by atoms with E-state index in [-0.39, 0.29) is 5.25 Å². The van der Waals surface area contributed by atoms with Crippen molar-refractivity contribution in [3.05, 3.63) is 63.3 Å². The number of benzene rings is 1. The molecule has 0 amide bonds. The first-order chi connectivity index (χ1) is 13.0. The summed E-state index contributed by atoms with van der Waals surface area (Å²) in [6.45, 7) is 6.57. The zero-order chi connectivity index (χ0) is 19.1. The van der Waals surface area contributed by atoms with Crippen molar-refractivity contribution >= 4 is 33.5 Å². The van der Waals surface area contributed by atoms with Gasteiger partial charge in [0.2, 0.25) is 0 Å². The van der Waals surface area contributed by atoms with Gasteiger partial charge in [-0.2, -0.15) is 5.10 Å². The van der Waals surface area contributed by atoms with Crippen LogP contribution in [-0.4, -0.2) is 26.6 Å². The Morgan fingerprint density at radius 3 is 2.78 bits per heavy atom. The normalized spacial score (nSPS) is 19.3. The molecule has 2 unspecified atom stereocenters. The van der Waals surface area contributed by atoms with Crippen LogP contribution in [0.2, 0.25) is 0 Å². The number of thioether (sulfide) groups is 1. The zero-order valence-corrected chi connectivity index (χ0v) is 18.4. The van der Waals surface area contributed by atoms with E-state index in [1.165, 1.54) is 22.3 Å². The van der Waals surface area contributed by atoms with Gasteiger partial charge in [-0.05, 0) is 55.7 Å². The average Bonchev–Trinajstić information content (AvgIpc) is 2.86. The lowest BCUT2D eigenvalue weighted by molar-refractivity contribution is 0.757. The summed E-state index contributed by atoms with van der Waals surface area (Å²) in [5.74, 6) is 2.13. The molecule has 2 aromatic heterocycles. The van der Waals surface area contributed by atoms with Crippen molar-refractivity contribution in [2.45, 2.75) is 32.1 Å². The fraction of sp³-hybridized carbons (Fsp3) is 0.333. The first-order valence-corrected chi connectivity index (χ1v) is 10.9. The molecule has 0 aliphatic carbocycles. The van der Waals surface area contributed by atoms with Gasteiger partial charge in [0.1, 0.15) is 11.5 Å². The highest BCUT2D eigenvalue weighted by Gasteiger charge is 2.32. The summed E-state index contributed by atoms with van der Waals surface area (Å²) < 4.78 is 3.13. The number of pyridine rings is 1. The monoisotopic (exact) mass is 442 g/mol. The molecule has 0 spiro atoms. The Balaban J connectivity index is 1.95. The molecule has 3 aromatic rings. The fourth-order valence-electron chi connectivity index (χ4n) is 3.58. The SMILES string of the molecule is Cc1cc(C2SCC(C)Nc3c2c(-c2ccccn2)nn3C)c(C)cc1Br. The van der Waals surface area contributed by atoms with Crippen LogP contribution in [0.15, 0.2) is 41.0 Å². The van der Waals surface area contributed by atoms with Gasteiger partial charge in [0.05, 0.1) is 10.9 Å². The predicted molar refractivity (Wildman–Crippen MR) is 117 cm³/mol. The third-order valence-corrected chi connectivity index (χ3v) is 7.35. The van der Waals surface area contributed by atoms with Crippen LogP contribution in [-0.2, 0) is 7.05 Å². The minimum absolute atomic E-state index is 0.218. The van der Waals surface area contributed by atoms with Crippen LogP contribution in [0, 0.1) is 13.8 Å². The highest BCUT2D eigenvalue weighted by molar-refractivity contribution is 9.10. The van der Waals surface area contributed by atoms with Crippen molar-refractivity contribution in [1.29, 1.82) is 0 Å². The van der Waals surface area contributed by atoms with E-state index in [0.29, 0.717) is 6.04 Å². The smallest absolute Gasteiger partial charge is 0.129 e. The van der Waals surface area contributed by atoms with Crippen molar-refractivity contribution < 1.29 is 0 Å². The van der Waals surface area contributed by atoms with Crippen molar-refractivity contribution in [1.82, 2.24) is 14.8 Å². The second-order valence-corrected chi connectivity index (χ2v) is 9.16. The van der Waals surface area contributed by atoms with Gasteiger partial charge in [0.25, 0.3) is 0 Å². The summed E-state index contributed by atoms with van der Waals surface area (Å²) in [6, 6.07) is 10.9. The van der Waals surface area contributed by atoms with E-state index in [0.717, 1.165) is 27.4 Å². The molecule has 1 N–H and O–H groups in total. The molecule has 4 rings (SSSR count). The minimum atomic E-state index is 0.218. The zero-order valence-electron chi connectivity index (χ0n) is 16.0. The van der Waals surface area contributed by atoms with E-state index < -0.39 is 0 Å². The standard InChI is InChI=1S/C21H23BrN4S/c1-12-10-16(22)13(2)9-15(12)20-18-19(17-7-5-6-8-23-17)25-26(4)21(18)24-14(3)11-27-20/h5-10,14,20,24H,11H2,1-4H3. The Kier molecular flexibility index (Phi) is 5.03. The topological polar surface area (TPSA) is 42.7 Å². The summed E-state index contributed by atoms with van der Waals surface area (Å²) >= 11 is 5.65. The van der Waals surface area contributed by atoms with E-state index in [2.05, 4.69) is 59.1 Å². The lowest BCUT2D eigenvalue weighted by Gasteiger charge is -2.20. The largest absolute Gasteiger partial charge is 0.367 e. The van der Waals surface area contributed by atoms with Crippen molar-refractivity contribution in [2.24, 2.45) is 7.05 Å². The number of nitrogens with zero attached hydrogens (tertiary/aromatic N) is 3. The van der Waals surface area contributed by atoms with Gasteiger partial charge in [-0.3, -0.25) is 9.67 Å². The van der Waals surface area contributed by atoms with E-state index in [9.17, 15) is 0 Å². The number of hydrogen-bond donors (Lipinski definition) is 1. The molecule has 0 saturated heterocycles. The third kappa shape index (κ3) is 3.41. The molecule has 1 aliphatic rings. The molecule has 6 heteroatoms. The second kappa shape index (κ2) is 7.32. The summed E-state index contributed by atoms with van der Waals surface area (Å²) in [4.78, 5) is 4.58. The molecule has 4 nitrogen and oxygen atoms in total. The number of fused-ring (bicyclic) bond motifs is 1. The second-order valence-electron chi connectivity index (χ2n) is 7.17. The van der Waals surface area contributed by atoms with Gasteiger partial charge in [-0.25, -0.2) is 0 Å². The molecule has 2 atom stereocenters. The van der Waals surface area contributed by atoms with Gasteiger partial charge >= 0.3 is 0 Å². The molecule has 3 heterocycles. The lowest BCUT2D eigenvalue weighted by Crippen LogP contribution is -2.18. The van der Waals surface area contributed by atoms with Gasteiger partial charge in [-0.15, -0.1) is 11.8 Å². The van der Waals surface area contributed by atoms with Crippen LogP contribution in [0.4, 0.5) is 5.82 Å². The number of anilines is 1. The Bertz CT molecular complexity index is 984. The molecule has 1 aliphatic heterocycles. The van der Waals surface area contributed by atoms with Gasteiger partial charge in [-0.1, -0.05) is 28.1 Å². The number of hydrogen-bond acceptors (Lipinski definition) is 4. The fourth-order valence-corrected chi connectivity index (χ4v) is 5.43. The summed E-state index contributed by atoms with van der Waals surface area (Å²) in [5.41, 5.74) is 7.01. The lowest BCUT2D eigenvalue weighted by atomic mass is 9.96. The molecule has 1 aromatic carbocycles. The maximum absolute atomic E-state index is 4.85. The van der Waals surface area contributed by atoms with Crippen LogP contribution >= 0.6 is 27.7 Å². The van der Waals surface area contributed by atoms with Crippen LogP contribution in [0.1, 0.15) is 34.4 Å². The van der Waals surface area contributed by atoms with Gasteiger partial charge in [0, 0.05) is 35.1 Å². The molecule has 0 fully saturated rings. The number of aromatic nitrogens is 3. The average molecular weight is 443 g/mol. The summed E-state index contributed by atoms with van der Waals surface area (Å²) in [6.07, 6.45) is 1.83. The minimum Gasteiger partial charge on any atom is -0.367 e. The number of rotatable bonds is 2. The Morgan fingerprint density at radius 1 is 1.22 bits per heavy atom. The van der Waals surface area contributed by atoms with Crippen LogP contribution in [0.25, 0.3) is 11.4 Å². The van der Waals surface area contributed by atoms with Crippen LogP contribution in [0.5, 0.6) is 0 Å². The maximum atomic E-state index is 4.85. The third-order valence-electron chi connectivity index (χ3n) is 4.98. The van der Waals surface area contributed by atoms with E-state index in [1.807, 2.05) is 47.9 Å². The van der Waals surface area contributed by atoms with E-state index >= 15 is 0 Å². The van der Waals surface area contributed by atoms with Crippen LogP contribution < -0.4 is 5.32 Å². The summed E-state index contributed by atoms with van der Waals surface area (Å²) in [5, 5.41) is 8.74. The number of nitrogens with one attached hydrogen (secondary N) is 1. The Morgan fingerprint density at radius 2 is 2.04 bits per heavy atom. The highest BCUT2D eigenvalue weighted by Crippen LogP contribution is 2.47. The molecule has 140 valence electrons. The molecular weight excluding hydrogens is 420 g/mol. The molecule has 27 heavy (non-hydrogen) atoms. The Labute approximate surface area is 172 Å². The van der Waals surface area contributed by atoms with Gasteiger partial charge in [0.15, 0.2) is 0 Å². The first-order valence-electron chi connectivity index (χ1n) is 9.08. The molecular formula is C21H23BrN4S. The van der Waals surface area contributed by atoms with Gasteiger partial charge < -0.3 is 5.32 Å². The first kappa shape index (κ1) is 18.6. The maximum Gasteiger partial charge on any atom is 0.129 e. The number of aryl methyl sites for hydroxylation is 3. The number of halogens is 1. The van der Waals surface area contributed by atoms with Crippen LogP contribution in [0.3, 0.4) is 0 Å². The summed E-state index contributed by atoms with van der Waals surface area (Å²) in [7, 11) is 2.01. The van der Waals surface area contributed by atoms with E-state index in [1.54, 1.807) is 0 Å². The highest BCUT2D eigenvalue weighted by atomic mass is 79.9. The molecule has 0 saturated carbocycles. The van der Waals surface area contributed by atoms with Crippen molar-refractivity contribution in [3.8, 4) is 11.4 Å².